The normalized spacial score (nSPS) is 20.0. The van der Waals surface area contributed by atoms with Gasteiger partial charge < -0.3 is 11.1 Å². The minimum absolute atomic E-state index is 0.0497. The van der Waals surface area contributed by atoms with Crippen LogP contribution in [0.3, 0.4) is 0 Å². The van der Waals surface area contributed by atoms with E-state index in [1.807, 2.05) is 18.7 Å². The number of hydrogen-bond donors (Lipinski definition) is 2. The molecule has 1 amide bonds. The SMILES string of the molecule is CC(N)CC(=O)NCC1SCCc2ccccc21. The zero-order valence-electron chi connectivity index (χ0n) is 10.7. The summed E-state index contributed by atoms with van der Waals surface area (Å²) in [7, 11) is 0. The van der Waals surface area contributed by atoms with Gasteiger partial charge in [0.25, 0.3) is 0 Å². The zero-order valence-corrected chi connectivity index (χ0v) is 11.5. The summed E-state index contributed by atoms with van der Waals surface area (Å²) >= 11 is 1.92. The maximum absolute atomic E-state index is 11.6. The van der Waals surface area contributed by atoms with Gasteiger partial charge in [0.05, 0.1) is 0 Å². The molecule has 4 heteroatoms. The summed E-state index contributed by atoms with van der Waals surface area (Å²) in [6.45, 7) is 2.55. The first-order valence-electron chi connectivity index (χ1n) is 6.38. The van der Waals surface area contributed by atoms with E-state index in [1.54, 1.807) is 0 Å². The molecule has 1 heterocycles. The molecule has 18 heavy (non-hydrogen) atoms. The van der Waals surface area contributed by atoms with Gasteiger partial charge in [-0.3, -0.25) is 4.79 Å². The lowest BCUT2D eigenvalue weighted by atomic mass is 10.0. The van der Waals surface area contributed by atoms with Gasteiger partial charge in [-0.2, -0.15) is 11.8 Å². The highest BCUT2D eigenvalue weighted by Gasteiger charge is 2.20. The van der Waals surface area contributed by atoms with Crippen molar-refractivity contribution in [3.63, 3.8) is 0 Å². The minimum atomic E-state index is -0.0729. The topological polar surface area (TPSA) is 55.1 Å². The summed E-state index contributed by atoms with van der Waals surface area (Å²) in [6, 6.07) is 8.44. The monoisotopic (exact) mass is 264 g/mol. The standard InChI is InChI=1S/C14H20N2OS/c1-10(15)8-14(17)16-9-13-12-5-3-2-4-11(12)6-7-18-13/h2-5,10,13H,6-9,15H2,1H3,(H,16,17). The van der Waals surface area contributed by atoms with Gasteiger partial charge in [-0.05, 0) is 30.2 Å². The third-order valence-electron chi connectivity index (χ3n) is 3.08. The number of aryl methyl sites for hydroxylation is 1. The van der Waals surface area contributed by atoms with E-state index >= 15 is 0 Å². The average Bonchev–Trinajstić information content (AvgIpc) is 2.35. The molecule has 2 rings (SSSR count). The molecule has 3 nitrogen and oxygen atoms in total. The van der Waals surface area contributed by atoms with Crippen LogP contribution in [0.15, 0.2) is 24.3 Å². The van der Waals surface area contributed by atoms with Crippen LogP contribution in [0.1, 0.15) is 29.7 Å². The highest BCUT2D eigenvalue weighted by molar-refractivity contribution is 7.99. The van der Waals surface area contributed by atoms with E-state index in [4.69, 9.17) is 5.73 Å². The van der Waals surface area contributed by atoms with Crippen LogP contribution in [0.25, 0.3) is 0 Å². The van der Waals surface area contributed by atoms with Crippen LogP contribution in [0.2, 0.25) is 0 Å². The number of benzene rings is 1. The Morgan fingerprint density at radius 1 is 1.56 bits per heavy atom. The second-order valence-electron chi connectivity index (χ2n) is 4.79. The Hall–Kier alpha value is -1.00. The molecule has 1 aromatic carbocycles. The van der Waals surface area contributed by atoms with Crippen molar-refractivity contribution in [1.82, 2.24) is 5.32 Å². The molecule has 3 N–H and O–H groups in total. The van der Waals surface area contributed by atoms with Crippen LogP contribution in [-0.2, 0) is 11.2 Å². The number of rotatable bonds is 4. The van der Waals surface area contributed by atoms with Gasteiger partial charge in [0.15, 0.2) is 0 Å². The summed E-state index contributed by atoms with van der Waals surface area (Å²) in [5, 5.41) is 3.37. The summed E-state index contributed by atoms with van der Waals surface area (Å²) < 4.78 is 0. The fraction of sp³-hybridized carbons (Fsp3) is 0.500. The predicted molar refractivity (Wildman–Crippen MR) is 76.6 cm³/mol. The van der Waals surface area contributed by atoms with Crippen molar-refractivity contribution in [1.29, 1.82) is 0 Å². The first-order valence-corrected chi connectivity index (χ1v) is 7.43. The number of nitrogens with one attached hydrogen (secondary N) is 1. The molecule has 2 unspecified atom stereocenters. The van der Waals surface area contributed by atoms with Gasteiger partial charge in [0, 0.05) is 24.3 Å². The molecule has 0 aromatic heterocycles. The second kappa shape index (κ2) is 6.25. The number of fused-ring (bicyclic) bond motifs is 1. The maximum atomic E-state index is 11.6. The lowest BCUT2D eigenvalue weighted by Crippen LogP contribution is -2.33. The summed E-state index contributed by atoms with van der Waals surface area (Å²) in [6.07, 6.45) is 1.53. The van der Waals surface area contributed by atoms with Crippen molar-refractivity contribution in [3.8, 4) is 0 Å². The van der Waals surface area contributed by atoms with Crippen LogP contribution in [0.5, 0.6) is 0 Å². The molecule has 2 atom stereocenters. The Morgan fingerprint density at radius 2 is 2.33 bits per heavy atom. The second-order valence-corrected chi connectivity index (χ2v) is 6.10. The molecule has 0 fully saturated rings. The maximum Gasteiger partial charge on any atom is 0.221 e. The number of thioether (sulfide) groups is 1. The lowest BCUT2D eigenvalue weighted by Gasteiger charge is -2.25. The molecular formula is C14H20N2OS. The Bertz CT molecular complexity index is 420. The predicted octanol–water partition coefficient (Wildman–Crippen LogP) is 1.87. The van der Waals surface area contributed by atoms with Crippen LogP contribution in [0.4, 0.5) is 0 Å². The lowest BCUT2D eigenvalue weighted by molar-refractivity contribution is -0.121. The zero-order chi connectivity index (χ0) is 13.0. The van der Waals surface area contributed by atoms with E-state index in [-0.39, 0.29) is 11.9 Å². The van der Waals surface area contributed by atoms with Gasteiger partial charge >= 0.3 is 0 Å². The first kappa shape index (κ1) is 13.4. The van der Waals surface area contributed by atoms with Gasteiger partial charge in [-0.25, -0.2) is 0 Å². The molecule has 0 aliphatic carbocycles. The fourth-order valence-electron chi connectivity index (χ4n) is 2.22. The van der Waals surface area contributed by atoms with Crippen LogP contribution >= 0.6 is 11.8 Å². The summed E-state index contributed by atoms with van der Waals surface area (Å²) in [5.41, 5.74) is 8.40. The average molecular weight is 264 g/mol. The van der Waals surface area contributed by atoms with Gasteiger partial charge in [0.1, 0.15) is 0 Å². The Labute approximate surface area is 113 Å². The molecule has 1 aliphatic rings. The highest BCUT2D eigenvalue weighted by Crippen LogP contribution is 2.35. The molecule has 0 saturated heterocycles. The Morgan fingerprint density at radius 3 is 3.11 bits per heavy atom. The molecule has 1 aromatic rings. The van der Waals surface area contributed by atoms with E-state index in [2.05, 4.69) is 29.6 Å². The van der Waals surface area contributed by atoms with E-state index in [0.717, 1.165) is 12.2 Å². The highest BCUT2D eigenvalue weighted by atomic mass is 32.2. The van der Waals surface area contributed by atoms with Crippen LogP contribution in [0, 0.1) is 0 Å². The third kappa shape index (κ3) is 3.50. The molecule has 98 valence electrons. The van der Waals surface area contributed by atoms with Crippen LogP contribution in [-0.4, -0.2) is 24.2 Å². The quantitative estimate of drug-likeness (QED) is 0.873. The van der Waals surface area contributed by atoms with Gasteiger partial charge in [0.2, 0.25) is 5.91 Å². The van der Waals surface area contributed by atoms with Gasteiger partial charge in [-0.1, -0.05) is 24.3 Å². The van der Waals surface area contributed by atoms with Gasteiger partial charge in [-0.15, -0.1) is 0 Å². The summed E-state index contributed by atoms with van der Waals surface area (Å²) in [4.78, 5) is 11.6. The number of nitrogens with two attached hydrogens (primary N) is 1. The molecule has 0 saturated carbocycles. The minimum Gasteiger partial charge on any atom is -0.355 e. The van der Waals surface area contributed by atoms with E-state index in [0.29, 0.717) is 18.2 Å². The molecule has 0 spiro atoms. The number of amides is 1. The molecule has 0 radical (unpaired) electrons. The first-order chi connectivity index (χ1) is 8.66. The number of hydrogen-bond acceptors (Lipinski definition) is 3. The van der Waals surface area contributed by atoms with E-state index in [1.165, 1.54) is 11.1 Å². The fourth-order valence-corrected chi connectivity index (χ4v) is 3.45. The van der Waals surface area contributed by atoms with E-state index < -0.39 is 0 Å². The van der Waals surface area contributed by atoms with Crippen molar-refractivity contribution in [3.05, 3.63) is 35.4 Å². The van der Waals surface area contributed by atoms with Crippen molar-refractivity contribution in [2.45, 2.75) is 31.1 Å². The Kier molecular flexibility index (Phi) is 4.66. The van der Waals surface area contributed by atoms with E-state index in [9.17, 15) is 4.79 Å². The third-order valence-corrected chi connectivity index (χ3v) is 4.35. The van der Waals surface area contributed by atoms with Crippen molar-refractivity contribution in [2.24, 2.45) is 5.73 Å². The Balaban J connectivity index is 1.93. The molecule has 0 bridgehead atoms. The van der Waals surface area contributed by atoms with Crippen LogP contribution < -0.4 is 11.1 Å². The van der Waals surface area contributed by atoms with Crippen molar-refractivity contribution in [2.75, 3.05) is 12.3 Å². The molecular weight excluding hydrogens is 244 g/mol. The number of carbonyl (C=O) groups excluding carboxylic acids is 1. The van der Waals surface area contributed by atoms with Crippen molar-refractivity contribution >= 4 is 17.7 Å². The smallest absolute Gasteiger partial charge is 0.221 e. The summed E-state index contributed by atoms with van der Waals surface area (Å²) in [5.74, 6) is 1.18. The largest absolute Gasteiger partial charge is 0.355 e. The molecule has 1 aliphatic heterocycles. The number of carbonyl (C=O) groups is 1. The van der Waals surface area contributed by atoms with Crippen molar-refractivity contribution < 1.29 is 4.79 Å².